The van der Waals surface area contributed by atoms with Crippen molar-refractivity contribution < 1.29 is 42.9 Å². The Morgan fingerprint density at radius 2 is 0.489 bits per heavy atom. The van der Waals surface area contributed by atoms with Crippen LogP contribution < -0.4 is 0 Å². The Kier molecular flexibility index (Phi) is 73.7. The zero-order chi connectivity index (χ0) is 66.8. The van der Waals surface area contributed by atoms with Gasteiger partial charge in [0.1, 0.15) is 13.2 Å². The van der Waals surface area contributed by atoms with Crippen LogP contribution in [0, 0.1) is 0 Å². The molecule has 0 aliphatic rings. The van der Waals surface area contributed by atoms with Crippen LogP contribution in [-0.4, -0.2) is 87.4 Å². The first-order valence-electron chi connectivity index (χ1n) is 41.7. The van der Waals surface area contributed by atoms with Gasteiger partial charge < -0.3 is 28.5 Å². The quantitative estimate of drug-likeness (QED) is 0.0278. The molecular formula is C83H164NO8+. The summed E-state index contributed by atoms with van der Waals surface area (Å²) < 4.78 is 23.1. The SMILES string of the molecule is CCCCCCCCCCCCCCCCCCCCCCCCCCCCCCCCCCCCCCCCCCCC(=O)OC(COC(=O)CCCCCCCCCCCCCCCCCCCCCCCCCCCC)COC(OCC[N+](C)(C)C)C(=O)O. The highest BCUT2D eigenvalue weighted by molar-refractivity contribution is 5.71. The Morgan fingerprint density at radius 3 is 0.696 bits per heavy atom. The van der Waals surface area contributed by atoms with E-state index in [9.17, 15) is 19.5 Å². The fraction of sp³-hybridized carbons (Fsp3) is 0.964. The molecule has 0 aromatic rings. The number of hydrogen-bond donors (Lipinski definition) is 1. The van der Waals surface area contributed by atoms with Gasteiger partial charge in [-0.05, 0) is 12.8 Å². The lowest BCUT2D eigenvalue weighted by molar-refractivity contribution is -0.870. The zero-order valence-corrected chi connectivity index (χ0v) is 63.0. The van der Waals surface area contributed by atoms with Gasteiger partial charge in [-0.15, -0.1) is 0 Å². The summed E-state index contributed by atoms with van der Waals surface area (Å²) in [6.45, 7) is 4.99. The van der Waals surface area contributed by atoms with Gasteiger partial charge in [0.25, 0.3) is 6.29 Å². The molecule has 0 amide bonds. The summed E-state index contributed by atoms with van der Waals surface area (Å²) in [7, 11) is 6.01. The van der Waals surface area contributed by atoms with Crippen LogP contribution >= 0.6 is 0 Å². The first kappa shape index (κ1) is 90.3. The van der Waals surface area contributed by atoms with Crippen LogP contribution in [0.5, 0.6) is 0 Å². The van der Waals surface area contributed by atoms with Crippen LogP contribution in [0.15, 0.2) is 0 Å². The molecule has 0 spiro atoms. The summed E-state index contributed by atoms with van der Waals surface area (Å²) in [5.74, 6) is -1.96. The molecule has 0 bridgehead atoms. The normalized spacial score (nSPS) is 12.5. The van der Waals surface area contributed by atoms with E-state index >= 15 is 0 Å². The topological polar surface area (TPSA) is 108 Å². The number of ether oxygens (including phenoxy) is 4. The van der Waals surface area contributed by atoms with Gasteiger partial charge in [0.05, 0.1) is 34.4 Å². The van der Waals surface area contributed by atoms with Crippen molar-refractivity contribution in [3.05, 3.63) is 0 Å². The van der Waals surface area contributed by atoms with Gasteiger partial charge in [0.15, 0.2) is 6.10 Å². The van der Waals surface area contributed by atoms with Crippen molar-refractivity contribution in [2.75, 3.05) is 47.5 Å². The minimum Gasteiger partial charge on any atom is -0.477 e. The lowest BCUT2D eigenvalue weighted by Crippen LogP contribution is -2.40. The van der Waals surface area contributed by atoms with E-state index in [2.05, 4.69) is 13.8 Å². The van der Waals surface area contributed by atoms with Gasteiger partial charge in [-0.2, -0.15) is 0 Å². The standard InChI is InChI=1S/C83H163NO8/c1-6-8-10-12-14-16-18-20-22-24-26-28-30-32-34-35-36-37-38-39-40-41-42-43-44-45-46-47-48-50-52-54-56-58-60-62-64-66-68-70-72-74-81(86)92-79(78-91-83(82(87)88)89-76-75-84(3,4)5)77-90-80(85)73-71-69-67-65-63-61-59-57-55-53-51-49-33-31-29-27-25-23-21-19-17-15-13-11-9-7-2/h79,83H,6-78H2,1-5H3/p+1. The number of rotatable bonds is 80. The molecule has 0 aliphatic heterocycles. The molecule has 0 saturated heterocycles. The molecule has 92 heavy (non-hydrogen) atoms. The number of carboxylic acids is 1. The van der Waals surface area contributed by atoms with E-state index in [1.54, 1.807) is 0 Å². The van der Waals surface area contributed by atoms with Crippen molar-refractivity contribution >= 4 is 17.9 Å². The molecule has 2 atom stereocenters. The van der Waals surface area contributed by atoms with Crippen molar-refractivity contribution in [2.45, 2.75) is 469 Å². The maximum atomic E-state index is 13.0. The second-order valence-electron chi connectivity index (χ2n) is 30.2. The summed E-state index contributed by atoms with van der Waals surface area (Å²) in [6, 6.07) is 0. The summed E-state index contributed by atoms with van der Waals surface area (Å²) >= 11 is 0. The van der Waals surface area contributed by atoms with Crippen LogP contribution in [-0.2, 0) is 33.3 Å². The van der Waals surface area contributed by atoms with E-state index in [0.29, 0.717) is 17.4 Å². The second-order valence-corrected chi connectivity index (χ2v) is 30.2. The maximum absolute atomic E-state index is 13.0. The van der Waals surface area contributed by atoms with Crippen molar-refractivity contribution in [1.29, 1.82) is 0 Å². The fourth-order valence-corrected chi connectivity index (χ4v) is 13.3. The molecule has 0 fully saturated rings. The lowest BCUT2D eigenvalue weighted by Gasteiger charge is -2.25. The minimum atomic E-state index is -1.51. The third-order valence-electron chi connectivity index (χ3n) is 19.6. The van der Waals surface area contributed by atoms with Gasteiger partial charge in [-0.25, -0.2) is 4.79 Å². The zero-order valence-electron chi connectivity index (χ0n) is 63.0. The number of carbonyl (C=O) groups is 3. The minimum absolute atomic E-state index is 0.172. The van der Waals surface area contributed by atoms with Crippen molar-refractivity contribution in [3.8, 4) is 0 Å². The first-order valence-corrected chi connectivity index (χ1v) is 41.7. The van der Waals surface area contributed by atoms with Gasteiger partial charge in [-0.3, -0.25) is 9.59 Å². The van der Waals surface area contributed by atoms with Crippen molar-refractivity contribution in [3.63, 3.8) is 0 Å². The Labute approximate surface area is 574 Å². The molecule has 0 aromatic heterocycles. The molecule has 9 heteroatoms. The highest BCUT2D eigenvalue weighted by Gasteiger charge is 2.25. The smallest absolute Gasteiger partial charge is 0.361 e. The van der Waals surface area contributed by atoms with E-state index in [1.165, 1.54) is 392 Å². The van der Waals surface area contributed by atoms with Crippen LogP contribution in [0.3, 0.4) is 0 Å². The van der Waals surface area contributed by atoms with Crippen LogP contribution in [0.25, 0.3) is 0 Å². The maximum Gasteiger partial charge on any atom is 0.361 e. The second kappa shape index (κ2) is 75.1. The number of likely N-dealkylation sites (N-methyl/N-ethyl adjacent to an activating group) is 1. The number of carboxylic acid groups (broad SMARTS) is 1. The van der Waals surface area contributed by atoms with E-state index in [0.717, 1.165) is 38.5 Å². The molecule has 0 heterocycles. The van der Waals surface area contributed by atoms with Crippen LogP contribution in [0.4, 0.5) is 0 Å². The Morgan fingerprint density at radius 1 is 0.283 bits per heavy atom. The molecule has 548 valence electrons. The molecule has 2 unspecified atom stereocenters. The Bertz CT molecular complexity index is 1470. The fourth-order valence-electron chi connectivity index (χ4n) is 13.3. The molecular weight excluding hydrogens is 1140 g/mol. The molecule has 0 radical (unpaired) electrons. The third-order valence-corrected chi connectivity index (χ3v) is 19.6. The molecule has 0 saturated carbocycles. The van der Waals surface area contributed by atoms with Crippen molar-refractivity contribution in [1.82, 2.24) is 0 Å². The number of hydrogen-bond acceptors (Lipinski definition) is 7. The van der Waals surface area contributed by atoms with Crippen LogP contribution in [0.2, 0.25) is 0 Å². The monoisotopic (exact) mass is 1300 g/mol. The van der Waals surface area contributed by atoms with Gasteiger partial charge in [0.2, 0.25) is 0 Å². The summed E-state index contributed by atoms with van der Waals surface area (Å²) in [5.41, 5.74) is 0. The Balaban J connectivity index is 3.89. The average molecular weight is 1300 g/mol. The van der Waals surface area contributed by atoms with E-state index in [4.69, 9.17) is 18.9 Å². The van der Waals surface area contributed by atoms with Gasteiger partial charge >= 0.3 is 17.9 Å². The van der Waals surface area contributed by atoms with Crippen molar-refractivity contribution in [2.24, 2.45) is 0 Å². The number of carbonyl (C=O) groups excluding carboxylic acids is 2. The van der Waals surface area contributed by atoms with Gasteiger partial charge in [-0.1, -0.05) is 431 Å². The van der Waals surface area contributed by atoms with Crippen LogP contribution in [0.1, 0.15) is 457 Å². The number of aliphatic carboxylic acids is 1. The van der Waals surface area contributed by atoms with E-state index in [1.807, 2.05) is 21.1 Å². The molecule has 0 aromatic carbocycles. The predicted molar refractivity (Wildman–Crippen MR) is 397 cm³/mol. The molecule has 0 rings (SSSR count). The van der Waals surface area contributed by atoms with E-state index in [-0.39, 0.29) is 38.2 Å². The number of quaternary nitrogens is 1. The first-order chi connectivity index (χ1) is 45.1. The Hall–Kier alpha value is -1.71. The molecule has 9 nitrogen and oxygen atoms in total. The summed E-state index contributed by atoms with van der Waals surface area (Å²) in [4.78, 5) is 37.7. The highest BCUT2D eigenvalue weighted by atomic mass is 16.7. The predicted octanol–water partition coefficient (Wildman–Crippen LogP) is 26.5. The molecule has 1 N–H and O–H groups in total. The summed E-state index contributed by atoms with van der Waals surface area (Å²) in [5, 5.41) is 9.77. The average Bonchev–Trinajstić information content (AvgIpc) is 3.70. The van der Waals surface area contributed by atoms with E-state index < -0.39 is 18.4 Å². The number of unbranched alkanes of at least 4 members (excludes halogenated alkanes) is 65. The van der Waals surface area contributed by atoms with Gasteiger partial charge in [0, 0.05) is 12.8 Å². The number of nitrogens with zero attached hydrogens (tertiary/aromatic N) is 1. The number of esters is 2. The highest BCUT2D eigenvalue weighted by Crippen LogP contribution is 2.21. The molecule has 0 aliphatic carbocycles. The third kappa shape index (κ3) is 75.7. The lowest BCUT2D eigenvalue weighted by atomic mass is 10.0. The largest absolute Gasteiger partial charge is 0.477 e. The summed E-state index contributed by atoms with van der Waals surface area (Å²) in [6.07, 6.45) is 90.1.